The molecule has 1 aromatic carbocycles. The van der Waals surface area contributed by atoms with E-state index in [0.29, 0.717) is 0 Å². The van der Waals surface area contributed by atoms with E-state index < -0.39 is 5.97 Å². The van der Waals surface area contributed by atoms with Crippen LogP contribution in [0, 0.1) is 18.3 Å². The molecule has 0 aliphatic heterocycles. The molecule has 0 saturated heterocycles. The predicted octanol–water partition coefficient (Wildman–Crippen LogP) is 2.85. The fourth-order valence-corrected chi connectivity index (χ4v) is 2.38. The lowest BCUT2D eigenvalue weighted by molar-refractivity contribution is -0.136. The molecular weight excluding hydrogens is 254 g/mol. The molecule has 108 valence electrons. The smallest absolute Gasteiger partial charge is 0.305 e. The summed E-state index contributed by atoms with van der Waals surface area (Å²) >= 11 is 0. The average Bonchev–Trinajstić information content (AvgIpc) is 3.00. The molecule has 1 aliphatic rings. The minimum absolute atomic E-state index is 0.0117. The molecule has 1 amide bonds. The van der Waals surface area contributed by atoms with Crippen LogP contribution in [0.4, 0.5) is 5.69 Å². The second kappa shape index (κ2) is 5.27. The topological polar surface area (TPSA) is 57.6 Å². The van der Waals surface area contributed by atoms with E-state index >= 15 is 0 Å². The van der Waals surface area contributed by atoms with Crippen LogP contribution in [0.15, 0.2) is 24.3 Å². The summed E-state index contributed by atoms with van der Waals surface area (Å²) in [7, 11) is 0. The van der Waals surface area contributed by atoms with E-state index in [2.05, 4.69) is 13.8 Å². The number of carboxylic acids is 1. The van der Waals surface area contributed by atoms with Crippen LogP contribution in [-0.4, -0.2) is 23.5 Å². The highest BCUT2D eigenvalue weighted by molar-refractivity contribution is 5.97. The normalized spacial score (nSPS) is 19.4. The minimum Gasteiger partial charge on any atom is -0.481 e. The predicted molar refractivity (Wildman–Crippen MR) is 77.7 cm³/mol. The summed E-state index contributed by atoms with van der Waals surface area (Å²) in [6.07, 6.45) is 0.841. The third-order valence-corrected chi connectivity index (χ3v) is 3.97. The summed E-state index contributed by atoms with van der Waals surface area (Å²) in [5.74, 6) is -0.831. The lowest BCUT2D eigenvalue weighted by Crippen LogP contribution is -2.35. The summed E-state index contributed by atoms with van der Waals surface area (Å²) in [5.41, 5.74) is 1.94. The molecule has 1 N–H and O–H groups in total. The number of anilines is 1. The van der Waals surface area contributed by atoms with Crippen LogP contribution in [0.25, 0.3) is 0 Å². The molecule has 20 heavy (non-hydrogen) atoms. The van der Waals surface area contributed by atoms with Crippen molar-refractivity contribution in [1.29, 1.82) is 0 Å². The van der Waals surface area contributed by atoms with Gasteiger partial charge in [0.05, 0.1) is 6.42 Å². The van der Waals surface area contributed by atoms with Gasteiger partial charge in [0, 0.05) is 18.2 Å². The van der Waals surface area contributed by atoms with Crippen LogP contribution in [0.1, 0.15) is 32.3 Å². The molecule has 0 aromatic heterocycles. The number of rotatable bonds is 5. The van der Waals surface area contributed by atoms with E-state index in [1.54, 1.807) is 4.90 Å². The second-order valence-corrected chi connectivity index (χ2v) is 6.21. The van der Waals surface area contributed by atoms with E-state index in [1.807, 2.05) is 31.2 Å². The Morgan fingerprint density at radius 3 is 2.30 bits per heavy atom. The van der Waals surface area contributed by atoms with Crippen molar-refractivity contribution in [2.75, 3.05) is 11.4 Å². The maximum Gasteiger partial charge on any atom is 0.305 e. The number of aliphatic carboxylic acids is 1. The van der Waals surface area contributed by atoms with Gasteiger partial charge in [-0.3, -0.25) is 9.59 Å². The van der Waals surface area contributed by atoms with Gasteiger partial charge in [0.25, 0.3) is 0 Å². The molecule has 1 aliphatic carbocycles. The minimum atomic E-state index is -0.884. The Morgan fingerprint density at radius 1 is 1.30 bits per heavy atom. The Labute approximate surface area is 119 Å². The third kappa shape index (κ3) is 3.18. The average molecular weight is 275 g/mol. The van der Waals surface area contributed by atoms with Crippen molar-refractivity contribution < 1.29 is 14.7 Å². The van der Waals surface area contributed by atoms with Crippen molar-refractivity contribution in [3.8, 4) is 0 Å². The van der Waals surface area contributed by atoms with Crippen molar-refractivity contribution >= 4 is 17.6 Å². The maximum atomic E-state index is 12.6. The molecule has 4 nitrogen and oxygen atoms in total. The van der Waals surface area contributed by atoms with Gasteiger partial charge in [0.2, 0.25) is 5.91 Å². The van der Waals surface area contributed by atoms with E-state index in [4.69, 9.17) is 5.11 Å². The second-order valence-electron chi connectivity index (χ2n) is 6.21. The van der Waals surface area contributed by atoms with Gasteiger partial charge in [-0.25, -0.2) is 0 Å². The first-order chi connectivity index (χ1) is 9.31. The molecule has 1 atom stereocenters. The van der Waals surface area contributed by atoms with Crippen molar-refractivity contribution in [2.45, 2.75) is 33.6 Å². The van der Waals surface area contributed by atoms with Crippen LogP contribution >= 0.6 is 0 Å². The number of carboxylic acid groups (broad SMARTS) is 1. The first-order valence-corrected chi connectivity index (χ1v) is 6.91. The van der Waals surface area contributed by atoms with Gasteiger partial charge in [-0.1, -0.05) is 31.5 Å². The maximum absolute atomic E-state index is 12.6. The molecule has 0 bridgehead atoms. The summed E-state index contributed by atoms with van der Waals surface area (Å²) in [6.45, 7) is 6.35. The van der Waals surface area contributed by atoms with Gasteiger partial charge < -0.3 is 10.0 Å². The van der Waals surface area contributed by atoms with Gasteiger partial charge in [0.15, 0.2) is 0 Å². The Kier molecular flexibility index (Phi) is 3.84. The fraction of sp³-hybridized carbons (Fsp3) is 0.500. The SMILES string of the molecule is Cc1ccc(N(CCC(=O)O)C(=O)C2CC2(C)C)cc1. The molecule has 1 unspecified atom stereocenters. The lowest BCUT2D eigenvalue weighted by atomic mass is 10.1. The third-order valence-electron chi connectivity index (χ3n) is 3.97. The molecule has 1 fully saturated rings. The van der Waals surface area contributed by atoms with Crippen LogP contribution in [0.3, 0.4) is 0 Å². The Hall–Kier alpha value is -1.84. The van der Waals surface area contributed by atoms with E-state index in [-0.39, 0.29) is 30.2 Å². The number of amides is 1. The molecule has 0 spiro atoms. The number of aryl methyl sites for hydroxylation is 1. The fourth-order valence-electron chi connectivity index (χ4n) is 2.38. The van der Waals surface area contributed by atoms with Gasteiger partial charge in [-0.15, -0.1) is 0 Å². The van der Waals surface area contributed by atoms with Gasteiger partial charge in [0.1, 0.15) is 0 Å². The van der Waals surface area contributed by atoms with Crippen LogP contribution in [0.2, 0.25) is 0 Å². The molecular formula is C16H21NO3. The van der Waals surface area contributed by atoms with Gasteiger partial charge in [-0.2, -0.15) is 0 Å². The monoisotopic (exact) mass is 275 g/mol. The van der Waals surface area contributed by atoms with E-state index in [9.17, 15) is 9.59 Å². The number of nitrogens with zero attached hydrogens (tertiary/aromatic N) is 1. The quantitative estimate of drug-likeness (QED) is 0.899. The zero-order valence-electron chi connectivity index (χ0n) is 12.2. The number of carbonyl (C=O) groups is 2. The number of hydrogen-bond donors (Lipinski definition) is 1. The zero-order chi connectivity index (χ0) is 14.9. The van der Waals surface area contributed by atoms with Gasteiger partial charge in [-0.05, 0) is 30.9 Å². The van der Waals surface area contributed by atoms with Gasteiger partial charge >= 0.3 is 5.97 Å². The highest BCUT2D eigenvalue weighted by Crippen LogP contribution is 2.52. The first kappa shape index (κ1) is 14.6. The summed E-state index contributed by atoms with van der Waals surface area (Å²) in [4.78, 5) is 25.0. The first-order valence-electron chi connectivity index (χ1n) is 6.91. The summed E-state index contributed by atoms with van der Waals surface area (Å²) < 4.78 is 0. The van der Waals surface area contributed by atoms with Crippen molar-refractivity contribution in [1.82, 2.24) is 0 Å². The Balaban J connectivity index is 2.18. The highest BCUT2D eigenvalue weighted by Gasteiger charge is 2.52. The van der Waals surface area contributed by atoms with Crippen LogP contribution < -0.4 is 4.90 Å². The lowest BCUT2D eigenvalue weighted by Gasteiger charge is -2.23. The Bertz CT molecular complexity index is 519. The number of carbonyl (C=O) groups excluding carboxylic acids is 1. The van der Waals surface area contributed by atoms with Crippen molar-refractivity contribution in [3.63, 3.8) is 0 Å². The number of benzene rings is 1. The molecule has 0 heterocycles. The van der Waals surface area contributed by atoms with Crippen molar-refractivity contribution in [3.05, 3.63) is 29.8 Å². The van der Waals surface area contributed by atoms with Crippen LogP contribution in [0.5, 0.6) is 0 Å². The van der Waals surface area contributed by atoms with E-state index in [1.165, 1.54) is 0 Å². The molecule has 1 saturated carbocycles. The van der Waals surface area contributed by atoms with Crippen molar-refractivity contribution in [2.24, 2.45) is 11.3 Å². The molecule has 4 heteroatoms. The number of hydrogen-bond acceptors (Lipinski definition) is 2. The molecule has 0 radical (unpaired) electrons. The summed E-state index contributed by atoms with van der Waals surface area (Å²) in [5, 5.41) is 8.85. The molecule has 2 rings (SSSR count). The van der Waals surface area contributed by atoms with E-state index in [0.717, 1.165) is 17.7 Å². The Morgan fingerprint density at radius 2 is 1.85 bits per heavy atom. The standard InChI is InChI=1S/C16H21NO3/c1-11-4-6-12(7-5-11)17(9-8-14(18)19)15(20)13-10-16(13,2)3/h4-7,13H,8-10H2,1-3H3,(H,18,19). The summed E-state index contributed by atoms with van der Waals surface area (Å²) in [6, 6.07) is 7.64. The highest BCUT2D eigenvalue weighted by atomic mass is 16.4. The molecule has 1 aromatic rings. The van der Waals surface area contributed by atoms with Crippen LogP contribution in [-0.2, 0) is 9.59 Å². The zero-order valence-corrected chi connectivity index (χ0v) is 12.2. The largest absolute Gasteiger partial charge is 0.481 e.